The number of aromatic nitrogens is 1. The minimum absolute atomic E-state index is 0.0989. The molecule has 3 aromatic rings. The van der Waals surface area contributed by atoms with Gasteiger partial charge in [-0.05, 0) is 80.3 Å². The molecule has 0 fully saturated rings. The Morgan fingerprint density at radius 3 is 2.29 bits per heavy atom. The molecule has 178 valence electrons. The molecule has 0 saturated heterocycles. The van der Waals surface area contributed by atoms with Crippen LogP contribution in [-0.4, -0.2) is 30.5 Å². The van der Waals surface area contributed by atoms with Crippen LogP contribution in [0.15, 0.2) is 84.0 Å². The molecule has 0 spiro atoms. The topological polar surface area (TPSA) is 87.6 Å². The monoisotopic (exact) mass is 498 g/mol. The van der Waals surface area contributed by atoms with E-state index in [9.17, 15) is 13.2 Å². The Morgan fingerprint density at radius 1 is 1.06 bits per heavy atom. The summed E-state index contributed by atoms with van der Waals surface area (Å²) in [7, 11) is -3.79. The number of benzene rings is 2. The molecule has 0 aliphatic carbocycles. The third-order valence-corrected chi connectivity index (χ3v) is 7.46. The Hall–Kier alpha value is -3.16. The van der Waals surface area contributed by atoms with E-state index in [2.05, 4.69) is 4.98 Å². The number of halogens is 1. The molecule has 0 aliphatic heterocycles. The zero-order valence-corrected chi connectivity index (χ0v) is 20.6. The van der Waals surface area contributed by atoms with Crippen LogP contribution in [-0.2, 0) is 14.8 Å². The van der Waals surface area contributed by atoms with Gasteiger partial charge in [0.05, 0.1) is 10.6 Å². The van der Waals surface area contributed by atoms with E-state index in [1.165, 1.54) is 16.4 Å². The van der Waals surface area contributed by atoms with Gasteiger partial charge in [0, 0.05) is 35.4 Å². The maximum absolute atomic E-state index is 13.4. The number of anilines is 1. The average Bonchev–Trinajstić information content (AvgIpc) is 2.80. The third-order valence-electron chi connectivity index (χ3n) is 5.19. The number of carboxylic acids is 1. The maximum atomic E-state index is 13.4. The van der Waals surface area contributed by atoms with Gasteiger partial charge in [-0.2, -0.15) is 0 Å². The van der Waals surface area contributed by atoms with Crippen LogP contribution in [0.2, 0.25) is 5.02 Å². The van der Waals surface area contributed by atoms with Gasteiger partial charge in [-0.25, -0.2) is 8.42 Å². The molecule has 1 aromatic heterocycles. The number of unbranched alkanes of at least 4 members (excludes halogenated alkanes) is 1. The fourth-order valence-electron chi connectivity index (χ4n) is 3.65. The quantitative estimate of drug-likeness (QED) is 0.345. The lowest BCUT2D eigenvalue weighted by molar-refractivity contribution is -0.137. The molecule has 0 atom stereocenters. The van der Waals surface area contributed by atoms with Crippen molar-refractivity contribution in [3.8, 4) is 0 Å². The van der Waals surface area contributed by atoms with Crippen LogP contribution in [0.4, 0.5) is 5.69 Å². The standard InChI is InChI=1S/C26H27ClN2O4S/c1-19(2)29(34(32,33)24-15-11-22(27)12-16-24)23-13-9-20(10-14-23)25(7-3-4-8-26(30)31)21-6-5-17-28-18-21/h5-7,9-19H,3-4,8H2,1-2H3,(H,30,31)/b25-7-. The average molecular weight is 499 g/mol. The van der Waals surface area contributed by atoms with E-state index < -0.39 is 16.0 Å². The number of carbonyl (C=O) groups is 1. The van der Waals surface area contributed by atoms with Crippen LogP contribution in [0, 0.1) is 0 Å². The number of nitrogens with zero attached hydrogens (tertiary/aromatic N) is 2. The van der Waals surface area contributed by atoms with Crippen LogP contribution in [0.1, 0.15) is 44.2 Å². The zero-order chi connectivity index (χ0) is 24.7. The van der Waals surface area contributed by atoms with E-state index in [-0.39, 0.29) is 17.4 Å². The van der Waals surface area contributed by atoms with E-state index in [0.29, 0.717) is 23.6 Å². The zero-order valence-electron chi connectivity index (χ0n) is 19.1. The fourth-order valence-corrected chi connectivity index (χ4v) is 5.43. The molecule has 0 unspecified atom stereocenters. The number of carboxylic acid groups (broad SMARTS) is 1. The van der Waals surface area contributed by atoms with Crippen LogP contribution >= 0.6 is 11.6 Å². The van der Waals surface area contributed by atoms with Crippen molar-refractivity contribution in [1.29, 1.82) is 0 Å². The minimum Gasteiger partial charge on any atom is -0.481 e. The highest BCUT2D eigenvalue weighted by Crippen LogP contribution is 2.30. The highest BCUT2D eigenvalue weighted by molar-refractivity contribution is 7.92. The summed E-state index contributed by atoms with van der Waals surface area (Å²) >= 11 is 5.93. The summed E-state index contributed by atoms with van der Waals surface area (Å²) in [6, 6.07) is 16.9. The van der Waals surface area contributed by atoms with Gasteiger partial charge in [0.2, 0.25) is 0 Å². The smallest absolute Gasteiger partial charge is 0.303 e. The normalized spacial score (nSPS) is 12.1. The number of hydrogen-bond acceptors (Lipinski definition) is 4. The summed E-state index contributed by atoms with van der Waals surface area (Å²) in [5.41, 5.74) is 3.26. The number of allylic oxidation sites excluding steroid dienone is 1. The largest absolute Gasteiger partial charge is 0.481 e. The van der Waals surface area contributed by atoms with E-state index in [0.717, 1.165) is 16.7 Å². The second-order valence-electron chi connectivity index (χ2n) is 8.04. The van der Waals surface area contributed by atoms with Gasteiger partial charge in [0.25, 0.3) is 10.0 Å². The summed E-state index contributed by atoms with van der Waals surface area (Å²) < 4.78 is 28.1. The fraction of sp³-hybridized carbons (Fsp3) is 0.231. The summed E-state index contributed by atoms with van der Waals surface area (Å²) in [4.78, 5) is 15.2. The molecule has 1 heterocycles. The van der Waals surface area contributed by atoms with Crippen molar-refractivity contribution in [2.75, 3.05) is 4.31 Å². The molecular weight excluding hydrogens is 472 g/mol. The lowest BCUT2D eigenvalue weighted by Crippen LogP contribution is -2.37. The predicted octanol–water partition coefficient (Wildman–Crippen LogP) is 6.03. The second kappa shape index (κ2) is 11.3. The molecule has 2 aromatic carbocycles. The van der Waals surface area contributed by atoms with Crippen LogP contribution in [0.5, 0.6) is 0 Å². The molecule has 0 aliphatic rings. The SMILES string of the molecule is CC(C)N(c1ccc(/C(=C/CCCC(=O)O)c2cccnc2)cc1)S(=O)(=O)c1ccc(Cl)cc1. The predicted molar refractivity (Wildman–Crippen MR) is 135 cm³/mol. The van der Waals surface area contributed by atoms with Crippen molar-refractivity contribution >= 4 is 38.9 Å². The molecule has 8 heteroatoms. The van der Waals surface area contributed by atoms with E-state index in [1.807, 2.05) is 44.2 Å². The van der Waals surface area contributed by atoms with Gasteiger partial charge < -0.3 is 5.11 Å². The van der Waals surface area contributed by atoms with Crippen molar-refractivity contribution in [2.24, 2.45) is 0 Å². The molecule has 0 saturated carbocycles. The van der Waals surface area contributed by atoms with Gasteiger partial charge in [0.15, 0.2) is 0 Å². The van der Waals surface area contributed by atoms with Crippen molar-refractivity contribution < 1.29 is 18.3 Å². The highest BCUT2D eigenvalue weighted by atomic mass is 35.5. The first-order valence-corrected chi connectivity index (χ1v) is 12.7. The Morgan fingerprint density at radius 2 is 1.74 bits per heavy atom. The highest BCUT2D eigenvalue weighted by Gasteiger charge is 2.27. The first kappa shape index (κ1) is 25.5. The first-order valence-electron chi connectivity index (χ1n) is 10.9. The van der Waals surface area contributed by atoms with Crippen LogP contribution < -0.4 is 4.31 Å². The van der Waals surface area contributed by atoms with Gasteiger partial charge in [0.1, 0.15) is 0 Å². The number of pyridine rings is 1. The molecule has 3 rings (SSSR count). The number of aliphatic carboxylic acids is 1. The van der Waals surface area contributed by atoms with Crippen molar-refractivity contribution in [3.63, 3.8) is 0 Å². The molecule has 0 bridgehead atoms. The van der Waals surface area contributed by atoms with Crippen molar-refractivity contribution in [3.05, 3.63) is 95.3 Å². The lowest BCUT2D eigenvalue weighted by atomic mass is 9.97. The first-order chi connectivity index (χ1) is 16.2. The van der Waals surface area contributed by atoms with Gasteiger partial charge in [-0.1, -0.05) is 35.9 Å². The summed E-state index contributed by atoms with van der Waals surface area (Å²) in [5, 5.41) is 9.38. The molecule has 6 nitrogen and oxygen atoms in total. The maximum Gasteiger partial charge on any atom is 0.303 e. The summed E-state index contributed by atoms with van der Waals surface area (Å²) in [6.07, 6.45) is 6.67. The number of rotatable bonds is 10. The van der Waals surface area contributed by atoms with E-state index >= 15 is 0 Å². The van der Waals surface area contributed by atoms with E-state index in [4.69, 9.17) is 16.7 Å². The summed E-state index contributed by atoms with van der Waals surface area (Å²) in [5.74, 6) is -0.823. The Kier molecular flexibility index (Phi) is 8.47. The van der Waals surface area contributed by atoms with Crippen molar-refractivity contribution in [2.45, 2.75) is 44.0 Å². The van der Waals surface area contributed by atoms with Crippen LogP contribution in [0.3, 0.4) is 0 Å². The third kappa shape index (κ3) is 6.24. The van der Waals surface area contributed by atoms with Gasteiger partial charge >= 0.3 is 5.97 Å². The molecular formula is C26H27ClN2O4S. The number of hydrogen-bond donors (Lipinski definition) is 1. The van der Waals surface area contributed by atoms with E-state index in [1.54, 1.807) is 36.7 Å². The molecule has 34 heavy (non-hydrogen) atoms. The Labute approximate surface area is 205 Å². The Bertz CT molecular complexity index is 1240. The second-order valence-corrected chi connectivity index (χ2v) is 10.3. The summed E-state index contributed by atoms with van der Waals surface area (Å²) in [6.45, 7) is 3.65. The Balaban J connectivity index is 1.95. The minimum atomic E-state index is -3.79. The van der Waals surface area contributed by atoms with Gasteiger partial charge in [-0.3, -0.25) is 14.1 Å². The van der Waals surface area contributed by atoms with Crippen molar-refractivity contribution in [1.82, 2.24) is 4.98 Å². The molecule has 0 radical (unpaired) electrons. The van der Waals surface area contributed by atoms with Gasteiger partial charge in [-0.15, -0.1) is 0 Å². The lowest BCUT2D eigenvalue weighted by Gasteiger charge is -2.28. The molecule has 0 amide bonds. The molecule has 1 N–H and O–H groups in total. The number of sulfonamides is 1. The van der Waals surface area contributed by atoms with Crippen LogP contribution in [0.25, 0.3) is 5.57 Å².